The number of pyridine rings is 1. The number of aromatic amines is 1. The largest absolute Gasteiger partial charge is 0.328 e. The zero-order valence-electron chi connectivity index (χ0n) is 18.1. The van der Waals surface area contributed by atoms with Crippen molar-refractivity contribution in [3.05, 3.63) is 57.5 Å². The summed E-state index contributed by atoms with van der Waals surface area (Å²) in [4.78, 5) is 42.2. The number of carbonyl (C=O) groups is 1. The molecule has 2 aromatic rings. The number of rotatable bonds is 4. The van der Waals surface area contributed by atoms with E-state index >= 15 is 0 Å². The number of fused-ring (bicyclic) bond motifs is 1. The number of nitrogens with zero attached hydrogens (tertiary/aromatic N) is 4. The zero-order valence-corrected chi connectivity index (χ0v) is 18.1. The summed E-state index contributed by atoms with van der Waals surface area (Å²) in [6, 6.07) is 3.38. The normalized spacial score (nSPS) is 22.5. The predicted molar refractivity (Wildman–Crippen MR) is 118 cm³/mol. The SMILES string of the molecule is O=C(c1cccnc1)N1CCC[C@H]1c1nc2c(c(=O)[nH]1)CCN(CC1CCCCC1)C2. The van der Waals surface area contributed by atoms with Crippen LogP contribution in [0.4, 0.5) is 0 Å². The quantitative estimate of drug-likeness (QED) is 0.820. The first-order valence-electron chi connectivity index (χ1n) is 11.7. The molecule has 31 heavy (non-hydrogen) atoms. The molecule has 4 heterocycles. The topological polar surface area (TPSA) is 82.2 Å². The maximum absolute atomic E-state index is 13.0. The molecule has 0 unspecified atom stereocenters. The van der Waals surface area contributed by atoms with Gasteiger partial charge in [-0.3, -0.25) is 19.5 Å². The molecule has 0 bridgehead atoms. The molecule has 7 heteroatoms. The van der Waals surface area contributed by atoms with Crippen molar-refractivity contribution >= 4 is 5.91 Å². The van der Waals surface area contributed by atoms with Gasteiger partial charge >= 0.3 is 0 Å². The summed E-state index contributed by atoms with van der Waals surface area (Å²) in [6.07, 6.45) is 12.5. The number of nitrogens with one attached hydrogen (secondary N) is 1. The van der Waals surface area contributed by atoms with E-state index in [1.54, 1.807) is 24.5 Å². The number of H-pyrrole nitrogens is 1. The Kier molecular flexibility index (Phi) is 5.85. The van der Waals surface area contributed by atoms with Gasteiger partial charge in [0.05, 0.1) is 17.3 Å². The monoisotopic (exact) mass is 421 g/mol. The molecule has 0 spiro atoms. The van der Waals surface area contributed by atoms with Crippen LogP contribution in [0.25, 0.3) is 0 Å². The second kappa shape index (κ2) is 8.91. The van der Waals surface area contributed by atoms with Crippen LogP contribution in [0.3, 0.4) is 0 Å². The second-order valence-electron chi connectivity index (χ2n) is 9.26. The van der Waals surface area contributed by atoms with Crippen LogP contribution >= 0.6 is 0 Å². The van der Waals surface area contributed by atoms with Gasteiger partial charge < -0.3 is 9.88 Å². The molecule has 0 radical (unpaired) electrons. The predicted octanol–water partition coefficient (Wildman–Crippen LogP) is 3.08. The minimum Gasteiger partial charge on any atom is -0.328 e. The van der Waals surface area contributed by atoms with Crippen LogP contribution in [0, 0.1) is 5.92 Å². The van der Waals surface area contributed by atoms with Crippen molar-refractivity contribution in [2.45, 2.75) is 64.0 Å². The van der Waals surface area contributed by atoms with E-state index in [-0.39, 0.29) is 17.5 Å². The third-order valence-electron chi connectivity index (χ3n) is 7.15. The van der Waals surface area contributed by atoms with Gasteiger partial charge in [-0.15, -0.1) is 0 Å². The molecule has 1 atom stereocenters. The van der Waals surface area contributed by atoms with Crippen LogP contribution in [0.2, 0.25) is 0 Å². The van der Waals surface area contributed by atoms with Crippen molar-refractivity contribution < 1.29 is 4.79 Å². The third kappa shape index (κ3) is 4.28. The number of amides is 1. The lowest BCUT2D eigenvalue weighted by Gasteiger charge is -2.33. The number of likely N-dealkylation sites (tertiary alicyclic amines) is 1. The molecule has 2 aliphatic heterocycles. The van der Waals surface area contributed by atoms with Crippen LogP contribution < -0.4 is 5.56 Å². The van der Waals surface area contributed by atoms with Gasteiger partial charge in [0.15, 0.2) is 0 Å². The van der Waals surface area contributed by atoms with Gasteiger partial charge in [-0.05, 0) is 50.2 Å². The van der Waals surface area contributed by atoms with Crippen LogP contribution in [0.1, 0.15) is 78.4 Å². The van der Waals surface area contributed by atoms with Gasteiger partial charge in [0.25, 0.3) is 11.5 Å². The fourth-order valence-corrected chi connectivity index (χ4v) is 5.51. The molecule has 0 aromatic carbocycles. The maximum Gasteiger partial charge on any atom is 0.256 e. The molecular formula is C24H31N5O2. The van der Waals surface area contributed by atoms with E-state index in [9.17, 15) is 9.59 Å². The number of hydrogen-bond donors (Lipinski definition) is 1. The Bertz CT molecular complexity index is 983. The second-order valence-corrected chi connectivity index (χ2v) is 9.26. The van der Waals surface area contributed by atoms with E-state index in [1.807, 2.05) is 4.90 Å². The first kappa shape index (κ1) is 20.4. The molecule has 1 saturated heterocycles. The summed E-state index contributed by atoms with van der Waals surface area (Å²) in [7, 11) is 0. The van der Waals surface area contributed by atoms with Gasteiger partial charge in [-0.1, -0.05) is 19.3 Å². The lowest BCUT2D eigenvalue weighted by molar-refractivity contribution is 0.0728. The summed E-state index contributed by atoms with van der Waals surface area (Å²) in [5.41, 5.74) is 2.28. The van der Waals surface area contributed by atoms with Gasteiger partial charge in [0.1, 0.15) is 5.82 Å². The summed E-state index contributed by atoms with van der Waals surface area (Å²) < 4.78 is 0. The van der Waals surface area contributed by atoms with Crippen LogP contribution in [0.5, 0.6) is 0 Å². The lowest BCUT2D eigenvalue weighted by atomic mass is 9.88. The first-order valence-corrected chi connectivity index (χ1v) is 11.7. The third-order valence-corrected chi connectivity index (χ3v) is 7.15. The Hall–Kier alpha value is -2.54. The van der Waals surface area contributed by atoms with Crippen molar-refractivity contribution in [1.82, 2.24) is 24.8 Å². The van der Waals surface area contributed by atoms with Gasteiger partial charge in [-0.2, -0.15) is 0 Å². The van der Waals surface area contributed by atoms with E-state index in [4.69, 9.17) is 4.98 Å². The Morgan fingerprint density at radius 1 is 1.13 bits per heavy atom. The summed E-state index contributed by atoms with van der Waals surface area (Å²) in [5.74, 6) is 1.37. The number of aromatic nitrogens is 3. The molecule has 3 aliphatic rings. The standard InChI is InChI=1S/C24H31N5O2/c30-23-19-10-13-28(15-17-6-2-1-3-7-17)16-20(19)26-22(27-23)21-9-5-12-29(21)24(31)18-8-4-11-25-14-18/h4,8,11,14,17,21H,1-3,5-7,9-10,12-13,15-16H2,(H,26,27,30)/t21-/m0/s1. The molecular weight excluding hydrogens is 390 g/mol. The van der Waals surface area contributed by atoms with Crippen molar-refractivity contribution in [2.24, 2.45) is 5.92 Å². The number of carbonyl (C=O) groups excluding carboxylic acids is 1. The van der Waals surface area contributed by atoms with Crippen molar-refractivity contribution in [3.8, 4) is 0 Å². The van der Waals surface area contributed by atoms with E-state index in [1.165, 1.54) is 32.1 Å². The summed E-state index contributed by atoms with van der Waals surface area (Å²) >= 11 is 0. The molecule has 1 saturated carbocycles. The van der Waals surface area contributed by atoms with Crippen molar-refractivity contribution in [1.29, 1.82) is 0 Å². The van der Waals surface area contributed by atoms with Gasteiger partial charge in [0, 0.05) is 44.1 Å². The lowest BCUT2D eigenvalue weighted by Crippen LogP contribution is -2.39. The molecule has 7 nitrogen and oxygen atoms in total. The van der Waals surface area contributed by atoms with Crippen LogP contribution in [0.15, 0.2) is 29.3 Å². The average Bonchev–Trinajstić information content (AvgIpc) is 3.29. The Morgan fingerprint density at radius 3 is 2.81 bits per heavy atom. The van der Waals surface area contributed by atoms with Crippen molar-refractivity contribution in [2.75, 3.05) is 19.6 Å². The van der Waals surface area contributed by atoms with Gasteiger partial charge in [-0.25, -0.2) is 4.98 Å². The maximum atomic E-state index is 13.0. The van der Waals surface area contributed by atoms with Crippen LogP contribution in [-0.4, -0.2) is 50.3 Å². The van der Waals surface area contributed by atoms with Crippen LogP contribution in [-0.2, 0) is 13.0 Å². The highest BCUT2D eigenvalue weighted by atomic mass is 16.2. The Labute approximate surface area is 182 Å². The highest BCUT2D eigenvalue weighted by molar-refractivity contribution is 5.94. The fraction of sp³-hybridized carbons (Fsp3) is 0.583. The summed E-state index contributed by atoms with van der Waals surface area (Å²) in [5, 5.41) is 0. The summed E-state index contributed by atoms with van der Waals surface area (Å²) in [6.45, 7) is 3.46. The molecule has 2 fully saturated rings. The molecule has 5 rings (SSSR count). The van der Waals surface area contributed by atoms with E-state index < -0.39 is 0 Å². The van der Waals surface area contributed by atoms with E-state index in [2.05, 4.69) is 14.9 Å². The van der Waals surface area contributed by atoms with E-state index in [0.29, 0.717) is 17.9 Å². The minimum atomic E-state index is -0.181. The smallest absolute Gasteiger partial charge is 0.256 e. The molecule has 164 valence electrons. The first-order chi connectivity index (χ1) is 15.2. The Balaban J connectivity index is 1.36. The number of hydrogen-bond acceptors (Lipinski definition) is 5. The highest BCUT2D eigenvalue weighted by Crippen LogP contribution is 2.32. The zero-order chi connectivity index (χ0) is 21.2. The Morgan fingerprint density at radius 2 is 2.00 bits per heavy atom. The van der Waals surface area contributed by atoms with Crippen molar-refractivity contribution in [3.63, 3.8) is 0 Å². The molecule has 1 N–H and O–H groups in total. The molecule has 1 amide bonds. The van der Waals surface area contributed by atoms with E-state index in [0.717, 1.165) is 56.1 Å². The highest BCUT2D eigenvalue weighted by Gasteiger charge is 2.34. The fourth-order valence-electron chi connectivity index (χ4n) is 5.51. The minimum absolute atomic E-state index is 0.0296. The molecule has 1 aliphatic carbocycles. The average molecular weight is 422 g/mol. The van der Waals surface area contributed by atoms with Gasteiger partial charge in [0.2, 0.25) is 0 Å². The molecule has 2 aromatic heterocycles.